The second-order valence-corrected chi connectivity index (χ2v) is 5.89. The lowest BCUT2D eigenvalue weighted by molar-refractivity contribution is -0.116. The molecule has 0 bridgehead atoms. The molecule has 0 saturated heterocycles. The van der Waals surface area contributed by atoms with Crippen molar-refractivity contribution in [2.75, 3.05) is 5.32 Å². The minimum absolute atomic E-state index is 0.0245. The van der Waals surface area contributed by atoms with Crippen LogP contribution in [0.4, 0.5) is 5.00 Å². The van der Waals surface area contributed by atoms with Gasteiger partial charge in [-0.05, 0) is 25.3 Å². The van der Waals surface area contributed by atoms with Crippen molar-refractivity contribution >= 4 is 22.2 Å². The van der Waals surface area contributed by atoms with Gasteiger partial charge in [-0.2, -0.15) is 5.26 Å². The number of anilines is 1. The predicted octanol–water partition coefficient (Wildman–Crippen LogP) is 4.40. The van der Waals surface area contributed by atoms with Crippen LogP contribution in [0.15, 0.2) is 0 Å². The van der Waals surface area contributed by atoms with Gasteiger partial charge in [0.05, 0.1) is 5.56 Å². The number of nitrogens with one attached hydrogen (secondary N) is 1. The molecule has 0 atom stereocenters. The number of carbonyl (C=O) groups excluding carboxylic acids is 1. The van der Waals surface area contributed by atoms with Crippen LogP contribution in [0.5, 0.6) is 0 Å². The number of hydrogen-bond acceptors (Lipinski definition) is 3. The Morgan fingerprint density at radius 2 is 2.05 bits per heavy atom. The molecule has 1 rings (SSSR count). The summed E-state index contributed by atoms with van der Waals surface area (Å²) in [5.41, 5.74) is 1.71. The van der Waals surface area contributed by atoms with Crippen molar-refractivity contribution in [3.8, 4) is 6.07 Å². The molecule has 1 aromatic heterocycles. The first-order chi connectivity index (χ1) is 9.13. The zero-order chi connectivity index (χ0) is 14.3. The van der Waals surface area contributed by atoms with Crippen molar-refractivity contribution in [1.29, 1.82) is 5.26 Å². The van der Waals surface area contributed by atoms with Crippen LogP contribution in [-0.2, 0) is 11.2 Å². The minimum Gasteiger partial charge on any atom is -0.317 e. The van der Waals surface area contributed by atoms with Crippen LogP contribution in [0.1, 0.15) is 62.0 Å². The molecule has 0 spiro atoms. The Morgan fingerprint density at radius 3 is 2.63 bits per heavy atom. The maximum absolute atomic E-state index is 11.8. The van der Waals surface area contributed by atoms with Crippen molar-refractivity contribution in [2.24, 2.45) is 0 Å². The molecule has 1 heterocycles. The van der Waals surface area contributed by atoms with Crippen LogP contribution in [0.2, 0.25) is 0 Å². The summed E-state index contributed by atoms with van der Waals surface area (Å²) < 4.78 is 0. The number of thiophene rings is 1. The Morgan fingerprint density at radius 1 is 1.32 bits per heavy atom. The lowest BCUT2D eigenvalue weighted by atomic mass is 10.1. The Balaban J connectivity index is 2.62. The quantitative estimate of drug-likeness (QED) is 0.751. The van der Waals surface area contributed by atoms with Gasteiger partial charge in [-0.25, -0.2) is 0 Å². The normalized spacial score (nSPS) is 10.2. The van der Waals surface area contributed by atoms with Crippen molar-refractivity contribution < 1.29 is 4.79 Å². The van der Waals surface area contributed by atoms with Gasteiger partial charge in [-0.3, -0.25) is 4.79 Å². The molecule has 0 aliphatic carbocycles. The highest BCUT2D eigenvalue weighted by atomic mass is 32.1. The van der Waals surface area contributed by atoms with E-state index in [9.17, 15) is 10.1 Å². The molecular weight excluding hydrogens is 256 g/mol. The predicted molar refractivity (Wildman–Crippen MR) is 80.5 cm³/mol. The second kappa shape index (κ2) is 7.96. The average molecular weight is 278 g/mol. The fourth-order valence-corrected chi connectivity index (χ4v) is 3.22. The average Bonchev–Trinajstić information content (AvgIpc) is 2.69. The summed E-state index contributed by atoms with van der Waals surface area (Å²) in [4.78, 5) is 13.0. The fraction of sp³-hybridized carbons (Fsp3) is 0.600. The van der Waals surface area contributed by atoms with Crippen LogP contribution in [0, 0.1) is 18.3 Å². The summed E-state index contributed by atoms with van der Waals surface area (Å²) in [5, 5.41) is 12.8. The lowest BCUT2D eigenvalue weighted by Gasteiger charge is -2.03. The van der Waals surface area contributed by atoms with E-state index in [1.54, 1.807) is 0 Å². The van der Waals surface area contributed by atoms with Gasteiger partial charge in [-0.15, -0.1) is 11.3 Å². The van der Waals surface area contributed by atoms with Crippen LogP contribution in [0.25, 0.3) is 0 Å². The minimum atomic E-state index is 0.0245. The fourth-order valence-electron chi connectivity index (χ4n) is 2.11. The smallest absolute Gasteiger partial charge is 0.225 e. The summed E-state index contributed by atoms with van der Waals surface area (Å²) >= 11 is 1.51. The summed E-state index contributed by atoms with van der Waals surface area (Å²) in [6.45, 7) is 6.19. The van der Waals surface area contributed by atoms with E-state index in [0.717, 1.165) is 34.7 Å². The molecule has 3 nitrogen and oxygen atoms in total. The Labute approximate surface area is 119 Å². The van der Waals surface area contributed by atoms with Gasteiger partial charge in [-0.1, -0.05) is 33.1 Å². The zero-order valence-corrected chi connectivity index (χ0v) is 12.8. The number of rotatable bonds is 7. The summed E-state index contributed by atoms with van der Waals surface area (Å²) in [6.07, 6.45) is 5.74. The SMILES string of the molecule is CCCCCCC(=O)Nc1sc(C)c(CC)c1C#N. The molecule has 0 aliphatic heterocycles. The standard InChI is InChI=1S/C15H22N2OS/c1-4-6-7-8-9-14(18)17-15-13(10-16)12(5-2)11(3)19-15/h4-9H2,1-3H3,(H,17,18). The van der Waals surface area contributed by atoms with Crippen LogP contribution < -0.4 is 5.32 Å². The lowest BCUT2D eigenvalue weighted by Crippen LogP contribution is -2.11. The van der Waals surface area contributed by atoms with E-state index in [-0.39, 0.29) is 5.91 Å². The first-order valence-electron chi connectivity index (χ1n) is 6.96. The van der Waals surface area contributed by atoms with E-state index in [4.69, 9.17) is 0 Å². The highest BCUT2D eigenvalue weighted by Gasteiger charge is 2.15. The van der Waals surface area contributed by atoms with Crippen molar-refractivity contribution in [2.45, 2.75) is 59.3 Å². The molecule has 0 aliphatic rings. The highest BCUT2D eigenvalue weighted by Crippen LogP contribution is 2.32. The molecule has 1 N–H and O–H groups in total. The molecule has 0 fully saturated rings. The van der Waals surface area contributed by atoms with Gasteiger partial charge in [0.1, 0.15) is 11.1 Å². The van der Waals surface area contributed by atoms with Gasteiger partial charge >= 0.3 is 0 Å². The number of carbonyl (C=O) groups is 1. The monoisotopic (exact) mass is 278 g/mol. The molecule has 104 valence electrons. The number of amides is 1. The van der Waals surface area contributed by atoms with Gasteiger partial charge in [0.25, 0.3) is 0 Å². The van der Waals surface area contributed by atoms with Crippen LogP contribution in [-0.4, -0.2) is 5.91 Å². The summed E-state index contributed by atoms with van der Waals surface area (Å²) in [7, 11) is 0. The van der Waals surface area contributed by atoms with E-state index in [2.05, 4.69) is 18.3 Å². The van der Waals surface area contributed by atoms with E-state index >= 15 is 0 Å². The molecule has 0 aromatic carbocycles. The van der Waals surface area contributed by atoms with E-state index in [1.165, 1.54) is 24.2 Å². The zero-order valence-electron chi connectivity index (χ0n) is 12.0. The van der Waals surface area contributed by atoms with Gasteiger partial charge in [0.15, 0.2) is 0 Å². The first kappa shape index (κ1) is 15.7. The molecule has 0 saturated carbocycles. The second-order valence-electron chi connectivity index (χ2n) is 4.67. The van der Waals surface area contributed by atoms with Gasteiger partial charge in [0, 0.05) is 11.3 Å². The molecule has 19 heavy (non-hydrogen) atoms. The van der Waals surface area contributed by atoms with Crippen molar-refractivity contribution in [3.05, 3.63) is 16.0 Å². The van der Waals surface area contributed by atoms with Crippen molar-refractivity contribution in [3.63, 3.8) is 0 Å². The van der Waals surface area contributed by atoms with E-state index in [1.807, 2.05) is 13.8 Å². The molecule has 4 heteroatoms. The molecular formula is C15H22N2OS. The molecule has 0 unspecified atom stereocenters. The Bertz CT molecular complexity index is 471. The largest absolute Gasteiger partial charge is 0.317 e. The molecule has 1 aromatic rings. The summed E-state index contributed by atoms with van der Waals surface area (Å²) in [6, 6.07) is 2.21. The Hall–Kier alpha value is -1.34. The van der Waals surface area contributed by atoms with E-state index < -0.39 is 0 Å². The number of nitrogens with zero attached hydrogens (tertiary/aromatic N) is 1. The third-order valence-corrected chi connectivity index (χ3v) is 4.25. The van der Waals surface area contributed by atoms with Crippen molar-refractivity contribution in [1.82, 2.24) is 0 Å². The first-order valence-corrected chi connectivity index (χ1v) is 7.77. The molecule has 1 amide bonds. The maximum atomic E-state index is 11.8. The van der Waals surface area contributed by atoms with Crippen LogP contribution in [0.3, 0.4) is 0 Å². The van der Waals surface area contributed by atoms with Gasteiger partial charge in [0.2, 0.25) is 5.91 Å². The number of nitriles is 1. The number of unbranched alkanes of at least 4 members (excludes halogenated alkanes) is 3. The number of hydrogen-bond donors (Lipinski definition) is 1. The van der Waals surface area contributed by atoms with E-state index in [0.29, 0.717) is 12.0 Å². The third kappa shape index (κ3) is 4.36. The summed E-state index contributed by atoms with van der Waals surface area (Å²) in [5.74, 6) is 0.0245. The Kier molecular flexibility index (Phi) is 6.58. The number of aryl methyl sites for hydroxylation is 1. The molecule has 0 radical (unpaired) electrons. The van der Waals surface area contributed by atoms with Crippen LogP contribution >= 0.6 is 11.3 Å². The maximum Gasteiger partial charge on any atom is 0.225 e. The van der Waals surface area contributed by atoms with Gasteiger partial charge < -0.3 is 5.32 Å². The topological polar surface area (TPSA) is 52.9 Å². The highest BCUT2D eigenvalue weighted by molar-refractivity contribution is 7.16. The third-order valence-electron chi connectivity index (χ3n) is 3.18.